The van der Waals surface area contributed by atoms with Crippen LogP contribution >= 0.6 is 23.1 Å². The van der Waals surface area contributed by atoms with Gasteiger partial charge in [0.05, 0.1) is 11.6 Å². The van der Waals surface area contributed by atoms with Crippen LogP contribution in [0, 0.1) is 13.8 Å². The molecule has 5 aromatic rings. The monoisotopic (exact) mass is 662 g/mol. The fourth-order valence-electron chi connectivity index (χ4n) is 5.32. The number of aliphatic hydroxyl groups is 1. The summed E-state index contributed by atoms with van der Waals surface area (Å²) < 4.78 is 6.62. The van der Waals surface area contributed by atoms with E-state index in [1.54, 1.807) is 24.3 Å². The third-order valence-corrected chi connectivity index (χ3v) is 10.00. The molecule has 1 atom stereocenters. The summed E-state index contributed by atoms with van der Waals surface area (Å²) in [6.45, 7) is 4.48. The average Bonchev–Trinajstić information content (AvgIpc) is 3.65. The van der Waals surface area contributed by atoms with Crippen molar-refractivity contribution in [2.24, 2.45) is 0 Å². The maximum absolute atomic E-state index is 13.7. The average molecular weight is 663 g/mol. The molecule has 8 nitrogen and oxygen atoms in total. The van der Waals surface area contributed by atoms with Crippen molar-refractivity contribution in [3.05, 3.63) is 136 Å². The van der Waals surface area contributed by atoms with E-state index in [1.807, 2.05) is 75.3 Å². The van der Waals surface area contributed by atoms with Gasteiger partial charge in [-0.15, -0.1) is 10.2 Å². The minimum absolute atomic E-state index is 0.00918. The molecule has 238 valence electrons. The Morgan fingerprint density at radius 2 is 1.62 bits per heavy atom. The van der Waals surface area contributed by atoms with Crippen molar-refractivity contribution in [1.29, 1.82) is 0 Å². The smallest absolute Gasteiger partial charge is 0.301 e. The van der Waals surface area contributed by atoms with Gasteiger partial charge in [-0.1, -0.05) is 94.9 Å². The maximum atomic E-state index is 13.7. The second kappa shape index (κ2) is 13.8. The number of aromatic nitrogens is 2. The molecule has 0 bridgehead atoms. The summed E-state index contributed by atoms with van der Waals surface area (Å²) in [5.41, 5.74) is 6.54. The quantitative estimate of drug-likeness (QED) is 0.0534. The zero-order valence-corrected chi connectivity index (χ0v) is 28.1. The molecule has 1 aliphatic heterocycles. The Morgan fingerprint density at radius 3 is 2.30 bits per heavy atom. The Hall–Kier alpha value is -4.93. The normalized spacial score (nSPS) is 15.7. The van der Waals surface area contributed by atoms with E-state index >= 15 is 0 Å². The minimum atomic E-state index is -0.897. The van der Waals surface area contributed by atoms with Crippen molar-refractivity contribution in [2.75, 3.05) is 23.9 Å². The topological polar surface area (TPSA) is 95.9 Å². The van der Waals surface area contributed by atoms with Crippen LogP contribution in [-0.4, -0.2) is 41.1 Å². The number of Topliss-reactive ketones (excluding diaryl/α,β-unsaturated/α-hetero) is 1. The molecule has 1 fully saturated rings. The molecule has 0 spiro atoms. The lowest BCUT2D eigenvalue weighted by atomic mass is 9.95. The highest BCUT2D eigenvalue weighted by Crippen LogP contribution is 2.44. The van der Waals surface area contributed by atoms with Gasteiger partial charge in [-0.25, -0.2) is 0 Å². The molecule has 0 aliphatic carbocycles. The first-order chi connectivity index (χ1) is 22.7. The Labute approximate surface area is 282 Å². The lowest BCUT2D eigenvalue weighted by molar-refractivity contribution is -0.132. The highest BCUT2D eigenvalue weighted by atomic mass is 32.2. The molecule has 1 unspecified atom stereocenters. The minimum Gasteiger partial charge on any atom is -0.507 e. The van der Waals surface area contributed by atoms with Crippen molar-refractivity contribution in [3.63, 3.8) is 0 Å². The number of benzene rings is 4. The van der Waals surface area contributed by atoms with Crippen molar-refractivity contribution >= 4 is 51.4 Å². The van der Waals surface area contributed by atoms with Gasteiger partial charge >= 0.3 is 5.91 Å². The summed E-state index contributed by atoms with van der Waals surface area (Å²) >= 11 is 2.76. The molecule has 0 saturated carbocycles. The summed E-state index contributed by atoms with van der Waals surface area (Å²) in [7, 11) is 3.87. The van der Waals surface area contributed by atoms with Crippen LogP contribution in [0.5, 0.6) is 5.75 Å². The Kier molecular flexibility index (Phi) is 9.42. The molecule has 0 radical (unpaired) electrons. The van der Waals surface area contributed by atoms with Crippen molar-refractivity contribution in [3.8, 4) is 5.75 Å². The van der Waals surface area contributed by atoms with Gasteiger partial charge in [0.25, 0.3) is 5.78 Å². The number of aliphatic hydroxyl groups excluding tert-OH is 1. The lowest BCUT2D eigenvalue weighted by Crippen LogP contribution is -2.29. The number of carbonyl (C=O) groups is 2. The zero-order chi connectivity index (χ0) is 33.1. The number of hydrogen-bond donors (Lipinski definition) is 1. The Bertz CT molecular complexity index is 1930. The number of amides is 1. The van der Waals surface area contributed by atoms with E-state index in [9.17, 15) is 14.7 Å². The summed E-state index contributed by atoms with van der Waals surface area (Å²) in [5.74, 6) is -0.515. The van der Waals surface area contributed by atoms with Gasteiger partial charge in [0, 0.05) is 31.1 Å². The van der Waals surface area contributed by atoms with E-state index in [1.165, 1.54) is 33.6 Å². The molecular weight excluding hydrogens is 629 g/mol. The van der Waals surface area contributed by atoms with Gasteiger partial charge in [-0.3, -0.25) is 14.5 Å². The second-order valence-electron chi connectivity index (χ2n) is 11.6. The number of carbonyl (C=O) groups excluding carboxylic acids is 2. The molecule has 1 saturated heterocycles. The van der Waals surface area contributed by atoms with Gasteiger partial charge in [-0.05, 0) is 66.9 Å². The number of anilines is 2. The standard InChI is InChI=1S/C37H34N4O4S2/c1-23-8-10-25(11-9-23)22-46-37-39-38-36(47-37)41-32(27-12-16-29(17-13-27)40(3)4)31(34(43)35(41)44)33(42)28-14-18-30(19-15-28)45-21-26-7-5-6-24(2)20-26/h5-20,32,42H,21-22H2,1-4H3/b33-31+. The molecule has 1 N–H and O–H groups in total. The van der Waals surface area contributed by atoms with Gasteiger partial charge in [-0.2, -0.15) is 0 Å². The summed E-state index contributed by atoms with van der Waals surface area (Å²) in [4.78, 5) is 30.7. The highest BCUT2D eigenvalue weighted by Gasteiger charge is 2.48. The largest absolute Gasteiger partial charge is 0.507 e. The molecule has 1 amide bonds. The third-order valence-electron chi connectivity index (χ3n) is 7.87. The van der Waals surface area contributed by atoms with Crippen molar-refractivity contribution < 1.29 is 19.4 Å². The molecule has 1 aliphatic rings. The maximum Gasteiger partial charge on any atom is 0.301 e. The van der Waals surface area contributed by atoms with Crippen LogP contribution in [0.1, 0.15) is 39.4 Å². The fraction of sp³-hybridized carbons (Fsp3) is 0.189. The van der Waals surface area contributed by atoms with Crippen LogP contribution in [0.3, 0.4) is 0 Å². The van der Waals surface area contributed by atoms with E-state index in [0.717, 1.165) is 22.4 Å². The fourth-order valence-corrected chi connectivity index (χ4v) is 7.14. The van der Waals surface area contributed by atoms with E-state index < -0.39 is 17.7 Å². The van der Waals surface area contributed by atoms with Crippen LogP contribution < -0.4 is 14.5 Å². The predicted octanol–water partition coefficient (Wildman–Crippen LogP) is 7.72. The number of hydrogen-bond acceptors (Lipinski definition) is 9. The molecule has 4 aromatic carbocycles. The molecule has 6 rings (SSSR count). The zero-order valence-electron chi connectivity index (χ0n) is 26.5. The van der Waals surface area contributed by atoms with E-state index in [-0.39, 0.29) is 11.3 Å². The molecule has 10 heteroatoms. The van der Waals surface area contributed by atoms with Crippen LogP contribution in [0.25, 0.3) is 5.76 Å². The van der Waals surface area contributed by atoms with Crippen LogP contribution in [-0.2, 0) is 21.9 Å². The molecular formula is C37H34N4O4S2. The first kappa shape index (κ1) is 32.0. The van der Waals surface area contributed by atoms with Gasteiger partial charge < -0.3 is 14.7 Å². The van der Waals surface area contributed by atoms with Crippen LogP contribution in [0.15, 0.2) is 107 Å². The summed E-state index contributed by atoms with van der Waals surface area (Å²) in [6.07, 6.45) is 0. The first-order valence-electron chi connectivity index (χ1n) is 15.1. The highest BCUT2D eigenvalue weighted by molar-refractivity contribution is 8.00. The molecule has 1 aromatic heterocycles. The number of ether oxygens (including phenoxy) is 1. The molecule has 2 heterocycles. The summed E-state index contributed by atoms with van der Waals surface area (Å²) in [5, 5.41) is 20.6. The number of thioether (sulfide) groups is 1. The third kappa shape index (κ3) is 7.08. The van der Waals surface area contributed by atoms with E-state index in [0.29, 0.717) is 38.7 Å². The second-order valence-corrected chi connectivity index (χ2v) is 13.8. The first-order valence-corrected chi connectivity index (χ1v) is 16.9. The number of ketones is 1. The Morgan fingerprint density at radius 1 is 0.894 bits per heavy atom. The molecule has 47 heavy (non-hydrogen) atoms. The Balaban J connectivity index is 1.31. The van der Waals surface area contributed by atoms with Crippen LogP contribution in [0.4, 0.5) is 10.8 Å². The predicted molar refractivity (Wildman–Crippen MR) is 188 cm³/mol. The summed E-state index contributed by atoms with van der Waals surface area (Å²) in [6, 6.07) is 29.9. The van der Waals surface area contributed by atoms with E-state index in [2.05, 4.69) is 40.5 Å². The lowest BCUT2D eigenvalue weighted by Gasteiger charge is -2.23. The SMILES string of the molecule is Cc1ccc(CSc2nnc(N3C(=O)C(=O)/C(=C(/O)c4ccc(OCc5cccc(C)c5)cc4)C3c3ccc(N(C)C)cc3)s2)cc1. The van der Waals surface area contributed by atoms with Crippen molar-refractivity contribution in [2.45, 2.75) is 36.6 Å². The van der Waals surface area contributed by atoms with Gasteiger partial charge in [0.1, 0.15) is 18.1 Å². The number of aryl methyl sites for hydroxylation is 2. The van der Waals surface area contributed by atoms with Crippen LogP contribution in [0.2, 0.25) is 0 Å². The number of rotatable bonds is 10. The van der Waals surface area contributed by atoms with E-state index in [4.69, 9.17) is 4.74 Å². The van der Waals surface area contributed by atoms with Gasteiger partial charge in [0.15, 0.2) is 4.34 Å². The number of nitrogens with zero attached hydrogens (tertiary/aromatic N) is 4. The van der Waals surface area contributed by atoms with Crippen molar-refractivity contribution in [1.82, 2.24) is 10.2 Å². The van der Waals surface area contributed by atoms with Gasteiger partial charge in [0.2, 0.25) is 5.13 Å².